The summed E-state index contributed by atoms with van der Waals surface area (Å²) < 4.78 is 5.41. The second kappa shape index (κ2) is 7.14. The Labute approximate surface area is 148 Å². The predicted molar refractivity (Wildman–Crippen MR) is 92.8 cm³/mol. The van der Waals surface area contributed by atoms with E-state index in [0.29, 0.717) is 19.2 Å². The SMILES string of the molecule is O=C([C@@H]1COCC(=O)N1Cc1ccccc1)N1CCN2CCC[C@@H]2C1. The molecule has 6 heteroatoms. The van der Waals surface area contributed by atoms with E-state index in [1.807, 2.05) is 35.2 Å². The van der Waals surface area contributed by atoms with Gasteiger partial charge in [-0.2, -0.15) is 0 Å². The van der Waals surface area contributed by atoms with Gasteiger partial charge in [0.1, 0.15) is 12.6 Å². The molecule has 6 nitrogen and oxygen atoms in total. The number of amides is 2. The van der Waals surface area contributed by atoms with Gasteiger partial charge in [-0.15, -0.1) is 0 Å². The van der Waals surface area contributed by atoms with Gasteiger partial charge >= 0.3 is 0 Å². The van der Waals surface area contributed by atoms with Crippen molar-refractivity contribution in [3.63, 3.8) is 0 Å². The maximum Gasteiger partial charge on any atom is 0.249 e. The lowest BCUT2D eigenvalue weighted by Gasteiger charge is -2.42. The summed E-state index contributed by atoms with van der Waals surface area (Å²) in [5, 5.41) is 0. The third kappa shape index (κ3) is 3.41. The van der Waals surface area contributed by atoms with Crippen molar-refractivity contribution in [1.29, 1.82) is 0 Å². The van der Waals surface area contributed by atoms with Crippen LogP contribution in [0.4, 0.5) is 0 Å². The fraction of sp³-hybridized carbons (Fsp3) is 0.579. The molecule has 0 radical (unpaired) electrons. The van der Waals surface area contributed by atoms with Gasteiger partial charge in [-0.25, -0.2) is 0 Å². The molecule has 3 aliphatic heterocycles. The van der Waals surface area contributed by atoms with Crippen LogP contribution in [0, 0.1) is 0 Å². The van der Waals surface area contributed by atoms with Gasteiger partial charge in [-0.05, 0) is 24.9 Å². The van der Waals surface area contributed by atoms with Gasteiger partial charge in [0, 0.05) is 32.2 Å². The highest BCUT2D eigenvalue weighted by molar-refractivity contribution is 5.89. The lowest BCUT2D eigenvalue weighted by molar-refractivity contribution is -0.161. The molecule has 0 bridgehead atoms. The zero-order valence-corrected chi connectivity index (χ0v) is 14.5. The number of carbonyl (C=O) groups excluding carboxylic acids is 2. The van der Waals surface area contributed by atoms with Crippen molar-refractivity contribution < 1.29 is 14.3 Å². The summed E-state index contributed by atoms with van der Waals surface area (Å²) in [5.41, 5.74) is 1.04. The molecule has 4 rings (SSSR count). The van der Waals surface area contributed by atoms with Crippen LogP contribution in [0.1, 0.15) is 18.4 Å². The molecule has 1 aromatic carbocycles. The standard InChI is InChI=1S/C19H25N3O3/c23-18-14-25-13-17(22(18)11-15-5-2-1-3-6-15)19(24)21-10-9-20-8-4-7-16(20)12-21/h1-3,5-6,16-17H,4,7-14H2/t16-,17+/m1/s1. The molecule has 0 spiro atoms. The van der Waals surface area contributed by atoms with Crippen molar-refractivity contribution in [3.8, 4) is 0 Å². The smallest absolute Gasteiger partial charge is 0.249 e. The first kappa shape index (κ1) is 16.5. The molecule has 0 N–H and O–H groups in total. The maximum atomic E-state index is 13.1. The topological polar surface area (TPSA) is 53.1 Å². The van der Waals surface area contributed by atoms with Crippen LogP contribution in [-0.2, 0) is 20.9 Å². The second-order valence-corrected chi connectivity index (χ2v) is 7.15. The highest BCUT2D eigenvalue weighted by Gasteiger charge is 2.39. The Morgan fingerprint density at radius 1 is 1.16 bits per heavy atom. The summed E-state index contributed by atoms with van der Waals surface area (Å²) in [6.45, 7) is 4.44. The molecule has 0 unspecified atom stereocenters. The number of hydrogen-bond donors (Lipinski definition) is 0. The zero-order chi connectivity index (χ0) is 17.2. The van der Waals surface area contributed by atoms with Crippen LogP contribution in [-0.4, -0.2) is 78.0 Å². The van der Waals surface area contributed by atoms with E-state index in [2.05, 4.69) is 4.90 Å². The normalized spacial score (nSPS) is 27.4. The van der Waals surface area contributed by atoms with Gasteiger partial charge in [0.15, 0.2) is 0 Å². The number of benzene rings is 1. The molecule has 3 saturated heterocycles. The van der Waals surface area contributed by atoms with Crippen LogP contribution < -0.4 is 0 Å². The summed E-state index contributed by atoms with van der Waals surface area (Å²) in [7, 11) is 0. The number of hydrogen-bond acceptors (Lipinski definition) is 4. The Balaban J connectivity index is 1.48. The van der Waals surface area contributed by atoms with E-state index in [9.17, 15) is 9.59 Å². The van der Waals surface area contributed by atoms with Crippen LogP contribution in [0.3, 0.4) is 0 Å². The van der Waals surface area contributed by atoms with Gasteiger partial charge in [0.2, 0.25) is 11.8 Å². The molecule has 3 fully saturated rings. The number of piperazine rings is 1. The van der Waals surface area contributed by atoms with Crippen LogP contribution >= 0.6 is 0 Å². The van der Waals surface area contributed by atoms with Gasteiger partial charge in [-0.1, -0.05) is 30.3 Å². The predicted octanol–water partition coefficient (Wildman–Crippen LogP) is 0.721. The van der Waals surface area contributed by atoms with Crippen molar-refractivity contribution >= 4 is 11.8 Å². The quantitative estimate of drug-likeness (QED) is 0.812. The average molecular weight is 343 g/mol. The molecular weight excluding hydrogens is 318 g/mol. The number of ether oxygens (including phenoxy) is 1. The van der Waals surface area contributed by atoms with Crippen molar-refractivity contribution in [1.82, 2.24) is 14.7 Å². The van der Waals surface area contributed by atoms with Crippen LogP contribution in [0.25, 0.3) is 0 Å². The van der Waals surface area contributed by atoms with E-state index < -0.39 is 6.04 Å². The first-order chi connectivity index (χ1) is 12.2. The Bertz CT molecular complexity index is 636. The highest BCUT2D eigenvalue weighted by atomic mass is 16.5. The van der Waals surface area contributed by atoms with Crippen LogP contribution in [0.5, 0.6) is 0 Å². The Kier molecular flexibility index (Phi) is 4.72. The number of rotatable bonds is 3. The van der Waals surface area contributed by atoms with Gasteiger partial charge in [0.05, 0.1) is 6.61 Å². The van der Waals surface area contributed by atoms with Crippen LogP contribution in [0.15, 0.2) is 30.3 Å². The minimum Gasteiger partial charge on any atom is -0.369 e. The average Bonchev–Trinajstić information content (AvgIpc) is 3.11. The van der Waals surface area contributed by atoms with Gasteiger partial charge in [0.25, 0.3) is 0 Å². The van der Waals surface area contributed by atoms with E-state index in [-0.39, 0.29) is 18.4 Å². The number of fused-ring (bicyclic) bond motifs is 1. The molecule has 0 aliphatic carbocycles. The Hall–Kier alpha value is -1.92. The molecule has 134 valence electrons. The largest absolute Gasteiger partial charge is 0.369 e. The summed E-state index contributed by atoms with van der Waals surface area (Å²) in [6.07, 6.45) is 2.38. The van der Waals surface area contributed by atoms with Crippen molar-refractivity contribution in [2.45, 2.75) is 31.5 Å². The highest BCUT2D eigenvalue weighted by Crippen LogP contribution is 2.23. The first-order valence-corrected chi connectivity index (χ1v) is 9.16. The number of nitrogens with zero attached hydrogens (tertiary/aromatic N) is 3. The van der Waals surface area contributed by atoms with E-state index in [1.54, 1.807) is 4.90 Å². The molecule has 2 atom stereocenters. The number of carbonyl (C=O) groups is 2. The summed E-state index contributed by atoms with van der Waals surface area (Å²) in [5.74, 6) is -0.0662. The van der Waals surface area contributed by atoms with Crippen LogP contribution in [0.2, 0.25) is 0 Å². The van der Waals surface area contributed by atoms with Gasteiger partial charge < -0.3 is 14.5 Å². The van der Waals surface area contributed by atoms with E-state index in [0.717, 1.165) is 38.2 Å². The minimum absolute atomic E-state index is 0.0375. The fourth-order valence-electron chi connectivity index (χ4n) is 4.19. The molecule has 1 aromatic rings. The Morgan fingerprint density at radius 2 is 2.00 bits per heavy atom. The molecule has 2 amide bonds. The maximum absolute atomic E-state index is 13.1. The Morgan fingerprint density at radius 3 is 2.84 bits per heavy atom. The molecule has 0 aromatic heterocycles. The van der Waals surface area contributed by atoms with Gasteiger partial charge in [-0.3, -0.25) is 14.5 Å². The molecule has 0 saturated carbocycles. The molecule has 3 aliphatic rings. The molecular formula is C19H25N3O3. The summed E-state index contributed by atoms with van der Waals surface area (Å²) in [6, 6.07) is 9.82. The number of morpholine rings is 1. The zero-order valence-electron chi connectivity index (χ0n) is 14.5. The fourth-order valence-corrected chi connectivity index (χ4v) is 4.19. The summed E-state index contributed by atoms with van der Waals surface area (Å²) >= 11 is 0. The third-order valence-electron chi connectivity index (χ3n) is 5.58. The third-order valence-corrected chi connectivity index (χ3v) is 5.58. The second-order valence-electron chi connectivity index (χ2n) is 7.15. The van der Waals surface area contributed by atoms with E-state index >= 15 is 0 Å². The lowest BCUT2D eigenvalue weighted by atomic mass is 10.1. The van der Waals surface area contributed by atoms with E-state index in [1.165, 1.54) is 6.42 Å². The van der Waals surface area contributed by atoms with Crippen molar-refractivity contribution in [2.24, 2.45) is 0 Å². The minimum atomic E-state index is -0.505. The van der Waals surface area contributed by atoms with Crippen molar-refractivity contribution in [3.05, 3.63) is 35.9 Å². The van der Waals surface area contributed by atoms with Crippen molar-refractivity contribution in [2.75, 3.05) is 39.4 Å². The summed E-state index contributed by atoms with van der Waals surface area (Å²) in [4.78, 5) is 31.6. The molecule has 3 heterocycles. The monoisotopic (exact) mass is 343 g/mol. The van der Waals surface area contributed by atoms with E-state index in [4.69, 9.17) is 4.74 Å². The lowest BCUT2D eigenvalue weighted by Crippen LogP contribution is -2.60. The first-order valence-electron chi connectivity index (χ1n) is 9.16. The molecule has 25 heavy (non-hydrogen) atoms.